The zero-order valence-electron chi connectivity index (χ0n) is 15.1. The Labute approximate surface area is 164 Å². The van der Waals surface area contributed by atoms with Crippen LogP contribution in [0, 0.1) is 0 Å². The van der Waals surface area contributed by atoms with Gasteiger partial charge in [0, 0.05) is 11.9 Å². The van der Waals surface area contributed by atoms with E-state index in [0.29, 0.717) is 5.56 Å². The smallest absolute Gasteiger partial charge is 0.356 e. The van der Waals surface area contributed by atoms with Crippen molar-refractivity contribution in [3.8, 4) is 23.1 Å². The third kappa shape index (κ3) is 3.98. The number of rotatable bonds is 5. The Kier molecular flexibility index (Phi) is 4.76. The number of carbonyl (C=O) groups is 1. The predicted molar refractivity (Wildman–Crippen MR) is 102 cm³/mol. The molecule has 3 heterocycles. The molecule has 0 atom stereocenters. The second-order valence-corrected chi connectivity index (χ2v) is 5.68. The number of benzene rings is 1. The molecule has 11 nitrogen and oxygen atoms in total. The molecular weight excluding hydrogens is 376 g/mol. The third-order valence-corrected chi connectivity index (χ3v) is 3.71. The highest BCUT2D eigenvalue weighted by Crippen LogP contribution is 2.21. The standard InChI is InChI=1S/C18H14N8O3/c1-28-16(27)12-8-7-10(9-20-12)15-22-14(26-29-15)13-23-17(19)25-18(24-13)21-11-5-3-2-4-6-11/h2-9H,1H3,(H3,19,21,23,24,25). The van der Waals surface area contributed by atoms with E-state index in [1.54, 1.807) is 6.07 Å². The normalized spacial score (nSPS) is 10.5. The Morgan fingerprint density at radius 2 is 1.86 bits per heavy atom. The predicted octanol–water partition coefficient (Wildman–Crippen LogP) is 2.10. The van der Waals surface area contributed by atoms with Crippen LogP contribution in [0.15, 0.2) is 53.2 Å². The van der Waals surface area contributed by atoms with Crippen molar-refractivity contribution in [2.45, 2.75) is 0 Å². The minimum Gasteiger partial charge on any atom is -0.464 e. The van der Waals surface area contributed by atoms with Crippen molar-refractivity contribution >= 4 is 23.6 Å². The fourth-order valence-electron chi connectivity index (χ4n) is 2.38. The largest absolute Gasteiger partial charge is 0.464 e. The summed E-state index contributed by atoms with van der Waals surface area (Å²) in [5, 5.41) is 6.92. The number of hydrogen-bond acceptors (Lipinski definition) is 11. The van der Waals surface area contributed by atoms with Crippen LogP contribution in [0.5, 0.6) is 0 Å². The lowest BCUT2D eigenvalue weighted by Crippen LogP contribution is -2.05. The van der Waals surface area contributed by atoms with Crippen LogP contribution in [0.1, 0.15) is 10.5 Å². The maximum Gasteiger partial charge on any atom is 0.356 e. The molecule has 0 bridgehead atoms. The number of nitrogens with one attached hydrogen (secondary N) is 1. The summed E-state index contributed by atoms with van der Waals surface area (Å²) in [6, 6.07) is 12.5. The number of nitrogens with two attached hydrogens (primary N) is 1. The summed E-state index contributed by atoms with van der Waals surface area (Å²) in [7, 11) is 1.28. The molecule has 0 saturated carbocycles. The van der Waals surface area contributed by atoms with Crippen molar-refractivity contribution in [1.29, 1.82) is 0 Å². The van der Waals surface area contributed by atoms with E-state index in [2.05, 4.69) is 40.1 Å². The molecule has 0 aliphatic carbocycles. The van der Waals surface area contributed by atoms with E-state index in [4.69, 9.17) is 10.3 Å². The Morgan fingerprint density at radius 3 is 2.59 bits per heavy atom. The second kappa shape index (κ2) is 7.68. The Morgan fingerprint density at radius 1 is 1.03 bits per heavy atom. The highest BCUT2D eigenvalue weighted by Gasteiger charge is 2.16. The van der Waals surface area contributed by atoms with Gasteiger partial charge < -0.3 is 20.3 Å². The van der Waals surface area contributed by atoms with Gasteiger partial charge in [0.05, 0.1) is 12.7 Å². The van der Waals surface area contributed by atoms with E-state index >= 15 is 0 Å². The first kappa shape index (κ1) is 18.0. The Hall–Kier alpha value is -4.41. The van der Waals surface area contributed by atoms with Crippen molar-refractivity contribution in [3.63, 3.8) is 0 Å². The lowest BCUT2D eigenvalue weighted by molar-refractivity contribution is 0.0594. The maximum atomic E-state index is 11.5. The number of nitrogens with zero attached hydrogens (tertiary/aromatic N) is 6. The number of pyridine rings is 1. The summed E-state index contributed by atoms with van der Waals surface area (Å²) in [4.78, 5) is 32.1. The van der Waals surface area contributed by atoms with Crippen LogP contribution in [0.4, 0.5) is 17.6 Å². The van der Waals surface area contributed by atoms with Crippen LogP contribution in [-0.4, -0.2) is 43.2 Å². The molecule has 1 aromatic carbocycles. The van der Waals surface area contributed by atoms with Crippen LogP contribution in [-0.2, 0) is 4.74 Å². The molecule has 0 fully saturated rings. The van der Waals surface area contributed by atoms with E-state index in [1.807, 2.05) is 30.3 Å². The first-order valence-electron chi connectivity index (χ1n) is 8.35. The molecule has 0 amide bonds. The zero-order valence-corrected chi connectivity index (χ0v) is 15.1. The highest BCUT2D eigenvalue weighted by molar-refractivity contribution is 5.87. The molecule has 0 unspecified atom stereocenters. The number of ether oxygens (including phenoxy) is 1. The van der Waals surface area contributed by atoms with E-state index in [0.717, 1.165) is 5.69 Å². The van der Waals surface area contributed by atoms with Crippen LogP contribution >= 0.6 is 0 Å². The third-order valence-electron chi connectivity index (χ3n) is 3.71. The number of anilines is 3. The van der Waals surface area contributed by atoms with E-state index in [9.17, 15) is 4.79 Å². The minimum atomic E-state index is -0.540. The van der Waals surface area contributed by atoms with E-state index < -0.39 is 5.97 Å². The molecule has 4 rings (SSSR count). The number of carbonyl (C=O) groups excluding carboxylic acids is 1. The monoisotopic (exact) mass is 390 g/mol. The molecule has 3 aromatic heterocycles. The van der Waals surface area contributed by atoms with Gasteiger partial charge in [-0.3, -0.25) is 0 Å². The SMILES string of the molecule is COC(=O)c1ccc(-c2nc(-c3nc(N)nc(Nc4ccccc4)n3)no2)cn1. The van der Waals surface area contributed by atoms with Crippen LogP contribution in [0.2, 0.25) is 0 Å². The zero-order chi connectivity index (χ0) is 20.2. The number of nitrogen functional groups attached to an aromatic ring is 1. The quantitative estimate of drug-likeness (QED) is 0.481. The molecule has 0 aliphatic rings. The summed E-state index contributed by atoms with van der Waals surface area (Å²) in [5.74, 6) is 0.160. The summed E-state index contributed by atoms with van der Waals surface area (Å²) >= 11 is 0. The van der Waals surface area contributed by atoms with Gasteiger partial charge >= 0.3 is 5.97 Å². The Bertz CT molecular complexity index is 1150. The number of hydrogen-bond donors (Lipinski definition) is 2. The first-order chi connectivity index (χ1) is 14.1. The van der Waals surface area contributed by atoms with Crippen LogP contribution in [0.25, 0.3) is 23.1 Å². The molecule has 0 saturated heterocycles. The fraction of sp³-hybridized carbons (Fsp3) is 0.0556. The van der Waals surface area contributed by atoms with Gasteiger partial charge in [0.15, 0.2) is 0 Å². The summed E-state index contributed by atoms with van der Waals surface area (Å²) in [6.07, 6.45) is 1.42. The molecular formula is C18H14N8O3. The van der Waals surface area contributed by atoms with Gasteiger partial charge in [-0.1, -0.05) is 23.4 Å². The second-order valence-electron chi connectivity index (χ2n) is 5.68. The van der Waals surface area contributed by atoms with Gasteiger partial charge in [0.2, 0.25) is 23.5 Å². The van der Waals surface area contributed by atoms with Crippen molar-refractivity contribution in [2.75, 3.05) is 18.2 Å². The summed E-state index contributed by atoms with van der Waals surface area (Å²) in [5.41, 5.74) is 7.25. The molecule has 0 radical (unpaired) electrons. The van der Waals surface area contributed by atoms with Crippen molar-refractivity contribution in [1.82, 2.24) is 30.1 Å². The number of para-hydroxylation sites is 1. The van der Waals surface area contributed by atoms with Crippen molar-refractivity contribution < 1.29 is 14.1 Å². The van der Waals surface area contributed by atoms with Gasteiger partial charge in [-0.05, 0) is 24.3 Å². The molecule has 4 aromatic rings. The van der Waals surface area contributed by atoms with Gasteiger partial charge in [0.25, 0.3) is 5.89 Å². The maximum absolute atomic E-state index is 11.5. The average Bonchev–Trinajstić information content (AvgIpc) is 3.24. The highest BCUT2D eigenvalue weighted by atomic mass is 16.5. The molecule has 29 heavy (non-hydrogen) atoms. The number of aromatic nitrogens is 6. The lowest BCUT2D eigenvalue weighted by Gasteiger charge is -2.05. The summed E-state index contributed by atoms with van der Waals surface area (Å²) in [6.45, 7) is 0. The van der Waals surface area contributed by atoms with Gasteiger partial charge in [-0.25, -0.2) is 9.78 Å². The number of esters is 1. The summed E-state index contributed by atoms with van der Waals surface area (Å²) < 4.78 is 9.87. The van der Waals surface area contributed by atoms with Crippen LogP contribution < -0.4 is 11.1 Å². The Balaban J connectivity index is 1.60. The van der Waals surface area contributed by atoms with E-state index in [-0.39, 0.29) is 35.1 Å². The molecule has 0 spiro atoms. The average molecular weight is 390 g/mol. The van der Waals surface area contributed by atoms with E-state index in [1.165, 1.54) is 19.4 Å². The molecule has 0 aliphatic heterocycles. The topological polar surface area (TPSA) is 155 Å². The number of methoxy groups -OCH3 is 1. The lowest BCUT2D eigenvalue weighted by atomic mass is 10.2. The van der Waals surface area contributed by atoms with Gasteiger partial charge in [-0.15, -0.1) is 0 Å². The first-order valence-corrected chi connectivity index (χ1v) is 8.35. The van der Waals surface area contributed by atoms with Crippen LogP contribution in [0.3, 0.4) is 0 Å². The van der Waals surface area contributed by atoms with Gasteiger partial charge in [-0.2, -0.15) is 19.9 Å². The fourth-order valence-corrected chi connectivity index (χ4v) is 2.38. The van der Waals surface area contributed by atoms with Gasteiger partial charge in [0.1, 0.15) is 5.69 Å². The minimum absolute atomic E-state index is 0.00359. The molecule has 3 N–H and O–H groups in total. The van der Waals surface area contributed by atoms with Crippen molar-refractivity contribution in [3.05, 3.63) is 54.4 Å². The molecule has 11 heteroatoms. The molecule has 144 valence electrons. The van der Waals surface area contributed by atoms with Crippen molar-refractivity contribution in [2.24, 2.45) is 0 Å².